The Balaban J connectivity index is 0. The summed E-state index contributed by atoms with van der Waals surface area (Å²) in [7, 11) is -4.31. The minimum absolute atomic E-state index is 0.107. The zero-order valence-electron chi connectivity index (χ0n) is 9.21. The summed E-state index contributed by atoms with van der Waals surface area (Å²) in [5.41, 5.74) is 4.93. The van der Waals surface area contributed by atoms with Gasteiger partial charge in [0.2, 0.25) is 0 Å². The molecule has 0 aliphatic heterocycles. The lowest BCUT2D eigenvalue weighted by Crippen LogP contribution is -2.18. The zero-order valence-corrected chi connectivity index (χ0v) is 10.8. The predicted molar refractivity (Wildman–Crippen MR) is 60.2 cm³/mol. The highest BCUT2D eigenvalue weighted by Crippen LogP contribution is 1.85. The fourth-order valence-corrected chi connectivity index (χ4v) is 1.38. The molecule has 0 amide bonds. The van der Waals surface area contributed by atoms with E-state index >= 15 is 0 Å². The molecule has 0 radical (unpaired) electrons. The molecule has 0 aromatic heterocycles. The molecule has 10 heteroatoms. The number of hydrogen-bond acceptors (Lipinski definition) is 7. The van der Waals surface area contributed by atoms with Crippen LogP contribution in [0.4, 0.5) is 0 Å². The molecule has 0 saturated heterocycles. The van der Waals surface area contributed by atoms with Crippen LogP contribution in [-0.2, 0) is 24.4 Å². The van der Waals surface area contributed by atoms with Gasteiger partial charge in [-0.1, -0.05) is 0 Å². The molecule has 0 aliphatic carbocycles. The van der Waals surface area contributed by atoms with Crippen LogP contribution >= 0.6 is 0 Å². The summed E-state index contributed by atoms with van der Waals surface area (Å²) >= 11 is 0. The molecule has 0 atom stereocenters. The van der Waals surface area contributed by atoms with Crippen molar-refractivity contribution in [1.29, 1.82) is 0 Å². The van der Waals surface area contributed by atoms with Crippen LogP contribution in [0.25, 0.3) is 0 Å². The van der Waals surface area contributed by atoms with Crippen molar-refractivity contribution >= 4 is 20.2 Å². The second kappa shape index (κ2) is 8.84. The first-order valence-corrected chi connectivity index (χ1v) is 7.45. The standard InChI is InChI=1S/2C3H9NO3S/c1-7-8(5,6)3-2-4;1-4-2-3-8(5,6)7/h2-4H2,1H3;4H,2-3H2,1H3,(H,5,6,7). The Kier molecular flexibility index (Phi) is 10.0. The summed E-state index contributed by atoms with van der Waals surface area (Å²) in [4.78, 5) is 0. The maximum atomic E-state index is 10.3. The molecule has 0 aromatic rings. The van der Waals surface area contributed by atoms with Gasteiger partial charge in [-0.3, -0.25) is 8.74 Å². The monoisotopic (exact) mass is 278 g/mol. The summed E-state index contributed by atoms with van der Waals surface area (Å²) in [6.45, 7) is 0.398. The Hall–Kier alpha value is -0.260. The maximum absolute atomic E-state index is 10.3. The molecule has 0 heterocycles. The Morgan fingerprint density at radius 2 is 1.75 bits per heavy atom. The van der Waals surface area contributed by atoms with Crippen molar-refractivity contribution in [3.63, 3.8) is 0 Å². The lowest BCUT2D eigenvalue weighted by Gasteiger charge is -1.94. The van der Waals surface area contributed by atoms with Crippen molar-refractivity contribution in [3.05, 3.63) is 0 Å². The van der Waals surface area contributed by atoms with E-state index in [9.17, 15) is 16.8 Å². The topological polar surface area (TPSA) is 136 Å². The van der Waals surface area contributed by atoms with Gasteiger partial charge in [-0.2, -0.15) is 16.8 Å². The van der Waals surface area contributed by atoms with Gasteiger partial charge in [0.25, 0.3) is 20.2 Å². The van der Waals surface area contributed by atoms with E-state index in [1.807, 2.05) is 0 Å². The largest absolute Gasteiger partial charge is 0.329 e. The van der Waals surface area contributed by atoms with Crippen molar-refractivity contribution in [3.8, 4) is 0 Å². The van der Waals surface area contributed by atoms with E-state index in [0.717, 1.165) is 7.11 Å². The van der Waals surface area contributed by atoms with E-state index in [0.29, 0.717) is 6.54 Å². The van der Waals surface area contributed by atoms with Gasteiger partial charge in [-0.25, -0.2) is 0 Å². The third-order valence-electron chi connectivity index (χ3n) is 1.23. The molecule has 16 heavy (non-hydrogen) atoms. The number of nitrogens with two attached hydrogens (primary N) is 1. The zero-order chi connectivity index (χ0) is 13.2. The van der Waals surface area contributed by atoms with Gasteiger partial charge < -0.3 is 11.1 Å². The molecule has 0 bridgehead atoms. The average molecular weight is 278 g/mol. The minimum Gasteiger partial charge on any atom is -0.329 e. The first-order chi connectivity index (χ1) is 7.18. The van der Waals surface area contributed by atoms with Crippen LogP contribution in [0.15, 0.2) is 0 Å². The molecule has 0 unspecified atom stereocenters. The molecule has 4 N–H and O–H groups in total. The fourth-order valence-electron chi connectivity index (χ4n) is 0.459. The Morgan fingerprint density at radius 1 is 1.25 bits per heavy atom. The predicted octanol–water partition coefficient (Wildman–Crippen LogP) is -1.99. The van der Waals surface area contributed by atoms with Crippen molar-refractivity contribution in [2.45, 2.75) is 0 Å². The van der Waals surface area contributed by atoms with Crippen LogP contribution in [0, 0.1) is 0 Å². The highest BCUT2D eigenvalue weighted by Gasteiger charge is 2.04. The second-order valence-electron chi connectivity index (χ2n) is 2.61. The molecule has 0 aliphatic rings. The molecule has 0 fully saturated rings. The Morgan fingerprint density at radius 3 is 1.88 bits per heavy atom. The molecule has 8 nitrogen and oxygen atoms in total. The smallest absolute Gasteiger partial charge is 0.268 e. The Labute approximate surface area is 96.0 Å². The number of rotatable bonds is 6. The van der Waals surface area contributed by atoms with Crippen LogP contribution in [0.1, 0.15) is 0 Å². The highest BCUT2D eigenvalue weighted by molar-refractivity contribution is 7.86. The van der Waals surface area contributed by atoms with Crippen molar-refractivity contribution < 1.29 is 25.6 Å². The van der Waals surface area contributed by atoms with Gasteiger partial charge in [0.05, 0.1) is 18.6 Å². The summed E-state index contributed by atoms with van der Waals surface area (Å²) < 4.78 is 52.6. The van der Waals surface area contributed by atoms with E-state index in [-0.39, 0.29) is 18.1 Å². The molecule has 100 valence electrons. The van der Waals surface area contributed by atoms with Crippen molar-refractivity contribution in [2.24, 2.45) is 5.73 Å². The summed E-state index contributed by atoms with van der Waals surface area (Å²) in [5, 5.41) is 2.59. The molecule has 0 saturated carbocycles. The van der Waals surface area contributed by atoms with Gasteiger partial charge in [-0.05, 0) is 7.05 Å². The van der Waals surface area contributed by atoms with Gasteiger partial charge in [-0.15, -0.1) is 0 Å². The third-order valence-corrected chi connectivity index (χ3v) is 3.20. The Bertz CT molecular complexity index is 349. The first-order valence-electron chi connectivity index (χ1n) is 4.26. The minimum atomic E-state index is -3.75. The van der Waals surface area contributed by atoms with Crippen LogP contribution in [0.2, 0.25) is 0 Å². The van der Waals surface area contributed by atoms with Gasteiger partial charge in [0.1, 0.15) is 0 Å². The molecular formula is C6H18N2O6S2. The molecule has 0 aromatic carbocycles. The molecule has 0 spiro atoms. The number of nitrogens with one attached hydrogen (secondary N) is 1. The third kappa shape index (κ3) is 16.2. The van der Waals surface area contributed by atoms with Gasteiger partial charge in [0.15, 0.2) is 0 Å². The van der Waals surface area contributed by atoms with Crippen molar-refractivity contribution in [1.82, 2.24) is 5.32 Å². The second-order valence-corrected chi connectivity index (χ2v) is 6.04. The number of hydrogen-bond donors (Lipinski definition) is 3. The average Bonchev–Trinajstić information content (AvgIpc) is 2.15. The normalized spacial score (nSPS) is 11.8. The van der Waals surface area contributed by atoms with Crippen molar-refractivity contribution in [2.75, 3.05) is 38.8 Å². The van der Waals surface area contributed by atoms with Crippen LogP contribution < -0.4 is 11.1 Å². The molecular weight excluding hydrogens is 260 g/mol. The summed E-state index contributed by atoms with van der Waals surface area (Å²) in [5.74, 6) is -0.326. The first kappa shape index (κ1) is 18.1. The summed E-state index contributed by atoms with van der Waals surface area (Å²) in [6.07, 6.45) is 0. The SMILES string of the molecule is CNCCS(=O)(=O)O.COS(=O)(=O)CCN. The quantitative estimate of drug-likeness (QED) is 0.375. The maximum Gasteiger partial charge on any atom is 0.268 e. The van der Waals surface area contributed by atoms with E-state index in [1.54, 1.807) is 7.05 Å². The van der Waals surface area contributed by atoms with Gasteiger partial charge in [0, 0.05) is 13.1 Å². The molecule has 0 rings (SSSR count). The van der Waals surface area contributed by atoms with Gasteiger partial charge >= 0.3 is 0 Å². The lowest BCUT2D eigenvalue weighted by molar-refractivity contribution is 0.398. The van der Waals surface area contributed by atoms with E-state index in [2.05, 4.69) is 9.50 Å². The highest BCUT2D eigenvalue weighted by atomic mass is 32.2. The van der Waals surface area contributed by atoms with E-state index < -0.39 is 20.2 Å². The summed E-state index contributed by atoms with van der Waals surface area (Å²) in [6, 6.07) is 0. The van der Waals surface area contributed by atoms with Crippen LogP contribution in [-0.4, -0.2) is 60.1 Å². The van der Waals surface area contributed by atoms with E-state index in [1.165, 1.54) is 0 Å². The van der Waals surface area contributed by atoms with Crippen LogP contribution in [0.3, 0.4) is 0 Å². The van der Waals surface area contributed by atoms with E-state index in [4.69, 9.17) is 10.3 Å². The van der Waals surface area contributed by atoms with Crippen LogP contribution in [0.5, 0.6) is 0 Å². The fraction of sp³-hybridized carbons (Fsp3) is 1.00. The lowest BCUT2D eigenvalue weighted by atomic mass is 10.8.